The summed E-state index contributed by atoms with van der Waals surface area (Å²) in [7, 11) is 0. The molecule has 1 amide bonds. The highest BCUT2D eigenvalue weighted by atomic mass is 19.1. The molecule has 0 radical (unpaired) electrons. The van der Waals surface area contributed by atoms with Crippen LogP contribution in [0.2, 0.25) is 0 Å². The lowest BCUT2D eigenvalue weighted by atomic mass is 10.2. The van der Waals surface area contributed by atoms with Gasteiger partial charge in [0, 0.05) is 5.69 Å². The molecule has 0 fully saturated rings. The summed E-state index contributed by atoms with van der Waals surface area (Å²) in [5, 5.41) is 14.4. The second kappa shape index (κ2) is 6.79. The molecule has 2 heterocycles. The normalized spacial score (nSPS) is 10.7. The molecule has 4 rings (SSSR count). The lowest BCUT2D eigenvalue weighted by Gasteiger charge is -2.05. The lowest BCUT2D eigenvalue weighted by molar-refractivity contribution is 0.0981. The minimum absolute atomic E-state index is 0.137. The van der Waals surface area contributed by atoms with Gasteiger partial charge >= 0.3 is 11.8 Å². The van der Waals surface area contributed by atoms with Crippen molar-refractivity contribution in [2.24, 2.45) is 0 Å². The van der Waals surface area contributed by atoms with Crippen LogP contribution in [0, 0.1) is 12.7 Å². The van der Waals surface area contributed by atoms with Crippen molar-refractivity contribution in [3.8, 4) is 17.2 Å². The summed E-state index contributed by atoms with van der Waals surface area (Å²) >= 11 is 0. The van der Waals surface area contributed by atoms with Crippen molar-refractivity contribution in [1.82, 2.24) is 25.1 Å². The Morgan fingerprint density at radius 3 is 2.78 bits per heavy atom. The van der Waals surface area contributed by atoms with Crippen molar-refractivity contribution in [1.29, 1.82) is 0 Å². The smallest absolute Gasteiger partial charge is 0.316 e. The molecule has 27 heavy (non-hydrogen) atoms. The quantitative estimate of drug-likeness (QED) is 0.598. The predicted octanol–water partition coefficient (Wildman–Crippen LogP) is 3.02. The first kappa shape index (κ1) is 16.6. The molecule has 0 saturated heterocycles. The number of anilines is 1. The minimum atomic E-state index is -0.598. The summed E-state index contributed by atoms with van der Waals surface area (Å²) in [4.78, 5) is 16.3. The molecule has 0 spiro atoms. The van der Waals surface area contributed by atoms with Crippen LogP contribution in [0.3, 0.4) is 0 Å². The Labute approximate surface area is 152 Å². The molecule has 0 aliphatic rings. The third-order valence-electron chi connectivity index (χ3n) is 3.80. The van der Waals surface area contributed by atoms with Crippen LogP contribution < -0.4 is 5.32 Å². The fourth-order valence-corrected chi connectivity index (χ4v) is 2.44. The zero-order valence-corrected chi connectivity index (χ0v) is 14.1. The van der Waals surface area contributed by atoms with E-state index in [0.29, 0.717) is 16.9 Å². The lowest BCUT2D eigenvalue weighted by Crippen LogP contribution is -2.13. The monoisotopic (exact) mass is 364 g/mol. The van der Waals surface area contributed by atoms with E-state index in [1.807, 2.05) is 30.3 Å². The molecule has 0 bridgehead atoms. The fraction of sp³-hybridized carbons (Fsp3) is 0.0556. The highest BCUT2D eigenvalue weighted by Gasteiger charge is 2.19. The van der Waals surface area contributed by atoms with Crippen LogP contribution in [0.4, 0.5) is 10.1 Å². The van der Waals surface area contributed by atoms with E-state index < -0.39 is 5.91 Å². The summed E-state index contributed by atoms with van der Waals surface area (Å²) in [6.07, 6.45) is 1.63. The van der Waals surface area contributed by atoms with Crippen LogP contribution in [0.5, 0.6) is 0 Å². The van der Waals surface area contributed by atoms with E-state index in [0.717, 1.165) is 5.69 Å². The molecule has 9 heteroatoms. The maximum atomic E-state index is 13.2. The van der Waals surface area contributed by atoms with E-state index in [1.54, 1.807) is 17.8 Å². The number of rotatable bonds is 4. The molecule has 0 aliphatic carbocycles. The largest absolute Gasteiger partial charge is 0.328 e. The summed E-state index contributed by atoms with van der Waals surface area (Å²) < 4.78 is 19.7. The predicted molar refractivity (Wildman–Crippen MR) is 93.7 cm³/mol. The van der Waals surface area contributed by atoms with E-state index in [4.69, 9.17) is 4.52 Å². The van der Waals surface area contributed by atoms with Crippen molar-refractivity contribution in [3.05, 3.63) is 72.0 Å². The number of halogens is 1. The number of amides is 1. The average molecular weight is 364 g/mol. The van der Waals surface area contributed by atoms with Crippen LogP contribution in [0.1, 0.15) is 16.2 Å². The van der Waals surface area contributed by atoms with Gasteiger partial charge in [0.1, 0.15) is 5.82 Å². The number of para-hydroxylation sites is 1. The van der Waals surface area contributed by atoms with E-state index in [-0.39, 0.29) is 17.5 Å². The van der Waals surface area contributed by atoms with Gasteiger partial charge in [0.2, 0.25) is 5.82 Å². The van der Waals surface area contributed by atoms with Gasteiger partial charge in [-0.2, -0.15) is 4.98 Å². The van der Waals surface area contributed by atoms with E-state index >= 15 is 0 Å². The highest BCUT2D eigenvalue weighted by Crippen LogP contribution is 2.18. The molecule has 1 N–H and O–H groups in total. The van der Waals surface area contributed by atoms with Crippen LogP contribution in [-0.2, 0) is 0 Å². The van der Waals surface area contributed by atoms with Gasteiger partial charge in [-0.1, -0.05) is 28.6 Å². The molecule has 2 aromatic heterocycles. The van der Waals surface area contributed by atoms with Gasteiger partial charge in [-0.05, 0) is 42.8 Å². The topological polar surface area (TPSA) is 98.7 Å². The van der Waals surface area contributed by atoms with Crippen LogP contribution >= 0.6 is 0 Å². The molecule has 0 saturated carbocycles. The Balaban J connectivity index is 1.53. The number of carbonyl (C=O) groups is 1. The van der Waals surface area contributed by atoms with E-state index in [2.05, 4.69) is 25.8 Å². The Bertz CT molecular complexity index is 1110. The molecule has 0 unspecified atom stereocenters. The third kappa shape index (κ3) is 3.43. The molecular weight excluding hydrogens is 351 g/mol. The van der Waals surface area contributed by atoms with Gasteiger partial charge < -0.3 is 9.84 Å². The van der Waals surface area contributed by atoms with Gasteiger partial charge in [0.25, 0.3) is 0 Å². The Hall–Kier alpha value is -3.88. The van der Waals surface area contributed by atoms with E-state index in [1.165, 1.54) is 18.2 Å². The van der Waals surface area contributed by atoms with Crippen LogP contribution in [-0.4, -0.2) is 31.0 Å². The van der Waals surface area contributed by atoms with Crippen molar-refractivity contribution in [2.75, 3.05) is 5.32 Å². The minimum Gasteiger partial charge on any atom is -0.328 e. The number of benzene rings is 2. The van der Waals surface area contributed by atoms with Crippen LogP contribution in [0.25, 0.3) is 17.2 Å². The maximum Gasteiger partial charge on any atom is 0.316 e. The van der Waals surface area contributed by atoms with Crippen LogP contribution in [0.15, 0.2) is 59.3 Å². The Morgan fingerprint density at radius 1 is 1.19 bits per heavy atom. The molecule has 0 aliphatic heterocycles. The SMILES string of the molecule is Cc1cc(F)ccc1NC(=O)c1nc(-c2cn(-c3ccccc3)nn2)no1. The van der Waals surface area contributed by atoms with Crippen molar-refractivity contribution >= 4 is 11.6 Å². The van der Waals surface area contributed by atoms with Crippen molar-refractivity contribution in [3.63, 3.8) is 0 Å². The first-order chi connectivity index (χ1) is 13.1. The van der Waals surface area contributed by atoms with Crippen molar-refractivity contribution < 1.29 is 13.7 Å². The Kier molecular flexibility index (Phi) is 4.17. The second-order valence-corrected chi connectivity index (χ2v) is 5.72. The number of nitrogens with zero attached hydrogens (tertiary/aromatic N) is 5. The third-order valence-corrected chi connectivity index (χ3v) is 3.80. The molecule has 134 valence electrons. The standard InChI is InChI=1S/C18H13FN6O2/c1-11-9-12(19)7-8-14(11)20-17(26)18-21-16(23-27-18)15-10-25(24-22-15)13-5-3-2-4-6-13/h2-10H,1H3,(H,20,26). The van der Waals surface area contributed by atoms with Gasteiger partial charge in [-0.25, -0.2) is 9.07 Å². The Morgan fingerprint density at radius 2 is 2.00 bits per heavy atom. The summed E-state index contributed by atoms with van der Waals surface area (Å²) in [6, 6.07) is 13.4. The van der Waals surface area contributed by atoms with Gasteiger partial charge in [0.05, 0.1) is 11.9 Å². The van der Waals surface area contributed by atoms with Crippen molar-refractivity contribution in [2.45, 2.75) is 6.92 Å². The maximum absolute atomic E-state index is 13.2. The zero-order valence-electron chi connectivity index (χ0n) is 14.1. The zero-order chi connectivity index (χ0) is 18.8. The fourth-order valence-electron chi connectivity index (χ4n) is 2.44. The number of hydrogen-bond donors (Lipinski definition) is 1. The first-order valence-corrected chi connectivity index (χ1v) is 7.99. The first-order valence-electron chi connectivity index (χ1n) is 7.99. The molecule has 8 nitrogen and oxygen atoms in total. The number of carbonyl (C=O) groups excluding carboxylic acids is 1. The molecular formula is C18H13FN6O2. The second-order valence-electron chi connectivity index (χ2n) is 5.72. The summed E-state index contributed by atoms with van der Waals surface area (Å²) in [5.74, 6) is -1.08. The van der Waals surface area contributed by atoms with Gasteiger partial charge in [0.15, 0.2) is 5.69 Å². The number of aromatic nitrogens is 5. The highest BCUT2D eigenvalue weighted by molar-refractivity contribution is 6.01. The summed E-state index contributed by atoms with van der Waals surface area (Å²) in [6.45, 7) is 1.68. The summed E-state index contributed by atoms with van der Waals surface area (Å²) in [5.41, 5.74) is 2.22. The van der Waals surface area contributed by atoms with Gasteiger partial charge in [-0.3, -0.25) is 4.79 Å². The average Bonchev–Trinajstić information content (AvgIpc) is 3.34. The molecule has 0 atom stereocenters. The number of hydrogen-bond acceptors (Lipinski definition) is 6. The number of nitrogens with one attached hydrogen (secondary N) is 1. The van der Waals surface area contributed by atoms with E-state index in [9.17, 15) is 9.18 Å². The van der Waals surface area contributed by atoms with Gasteiger partial charge in [-0.15, -0.1) is 5.10 Å². The molecule has 4 aromatic rings. The molecule has 2 aromatic carbocycles. The number of aryl methyl sites for hydroxylation is 1.